The fraction of sp³-hybridized carbons (Fsp3) is 0.500. The molecule has 1 unspecified atom stereocenters. The molecule has 1 aliphatic rings. The van der Waals surface area contributed by atoms with E-state index in [1.165, 1.54) is 25.6 Å². The van der Waals surface area contributed by atoms with Crippen molar-refractivity contribution in [1.29, 1.82) is 0 Å². The molecule has 0 radical (unpaired) electrons. The van der Waals surface area contributed by atoms with Gasteiger partial charge in [0.25, 0.3) is 0 Å². The van der Waals surface area contributed by atoms with Crippen LogP contribution in [-0.4, -0.2) is 32.2 Å². The standard InChI is InChI=1S/C14H20N2O2/c1-18-14(17)12(15)10-11-6-2-3-7-13(11)16-8-4-5-9-16/h2-3,6-7,12H,4-5,8-10,15H2,1H3. The summed E-state index contributed by atoms with van der Waals surface area (Å²) in [6, 6.07) is 7.57. The summed E-state index contributed by atoms with van der Waals surface area (Å²) in [5, 5.41) is 0. The molecule has 1 aromatic rings. The number of rotatable bonds is 4. The average Bonchev–Trinajstić information content (AvgIpc) is 2.92. The third-order valence-electron chi connectivity index (χ3n) is 3.38. The minimum atomic E-state index is -0.584. The number of ether oxygens (including phenoxy) is 1. The number of anilines is 1. The maximum absolute atomic E-state index is 11.4. The van der Waals surface area contributed by atoms with Gasteiger partial charge < -0.3 is 15.4 Å². The molecule has 0 bridgehead atoms. The molecule has 1 aromatic carbocycles. The molecule has 98 valence electrons. The van der Waals surface area contributed by atoms with Crippen LogP contribution in [0.25, 0.3) is 0 Å². The van der Waals surface area contributed by atoms with Gasteiger partial charge in [0, 0.05) is 25.2 Å². The van der Waals surface area contributed by atoms with Crippen molar-refractivity contribution in [2.45, 2.75) is 25.3 Å². The van der Waals surface area contributed by atoms with Gasteiger partial charge in [0.2, 0.25) is 0 Å². The minimum Gasteiger partial charge on any atom is -0.468 e. The van der Waals surface area contributed by atoms with E-state index in [-0.39, 0.29) is 5.97 Å². The quantitative estimate of drug-likeness (QED) is 0.817. The molecule has 2 N–H and O–H groups in total. The zero-order chi connectivity index (χ0) is 13.0. The first-order valence-corrected chi connectivity index (χ1v) is 6.38. The summed E-state index contributed by atoms with van der Waals surface area (Å²) in [5.41, 5.74) is 8.16. The number of benzene rings is 1. The van der Waals surface area contributed by atoms with Crippen LogP contribution in [0.15, 0.2) is 24.3 Å². The third-order valence-corrected chi connectivity index (χ3v) is 3.38. The number of hydrogen-bond acceptors (Lipinski definition) is 4. The Morgan fingerprint density at radius 1 is 1.39 bits per heavy atom. The van der Waals surface area contributed by atoms with Crippen molar-refractivity contribution in [3.05, 3.63) is 29.8 Å². The van der Waals surface area contributed by atoms with Crippen LogP contribution in [0.4, 0.5) is 5.69 Å². The van der Waals surface area contributed by atoms with Crippen LogP contribution in [0.5, 0.6) is 0 Å². The maximum Gasteiger partial charge on any atom is 0.322 e. The van der Waals surface area contributed by atoms with Crippen LogP contribution in [0.2, 0.25) is 0 Å². The molecule has 1 fully saturated rings. The lowest BCUT2D eigenvalue weighted by molar-refractivity contribution is -0.142. The Hall–Kier alpha value is -1.55. The molecule has 1 atom stereocenters. The highest BCUT2D eigenvalue weighted by atomic mass is 16.5. The average molecular weight is 248 g/mol. The van der Waals surface area contributed by atoms with Crippen LogP contribution in [0.1, 0.15) is 18.4 Å². The SMILES string of the molecule is COC(=O)C(N)Cc1ccccc1N1CCCC1. The molecular formula is C14H20N2O2. The summed E-state index contributed by atoms with van der Waals surface area (Å²) in [7, 11) is 1.37. The number of methoxy groups -OCH3 is 1. The van der Waals surface area contributed by atoms with Crippen LogP contribution in [0.3, 0.4) is 0 Å². The van der Waals surface area contributed by atoms with Crippen molar-refractivity contribution < 1.29 is 9.53 Å². The molecule has 1 heterocycles. The Balaban J connectivity index is 2.14. The molecule has 1 aliphatic heterocycles. The Bertz CT molecular complexity index is 414. The summed E-state index contributed by atoms with van der Waals surface area (Å²) in [6.07, 6.45) is 2.99. The van der Waals surface area contributed by atoms with E-state index < -0.39 is 6.04 Å². The van der Waals surface area contributed by atoms with Gasteiger partial charge in [-0.05, 0) is 24.5 Å². The molecule has 0 amide bonds. The van der Waals surface area contributed by atoms with Crippen LogP contribution < -0.4 is 10.6 Å². The van der Waals surface area contributed by atoms with E-state index in [0.29, 0.717) is 6.42 Å². The summed E-state index contributed by atoms with van der Waals surface area (Å²) >= 11 is 0. The Kier molecular flexibility index (Phi) is 4.20. The second kappa shape index (κ2) is 5.87. The number of hydrogen-bond donors (Lipinski definition) is 1. The molecule has 0 aromatic heterocycles. The third kappa shape index (κ3) is 2.82. The van der Waals surface area contributed by atoms with Crippen molar-refractivity contribution in [1.82, 2.24) is 0 Å². The predicted octanol–water partition coefficient (Wildman–Crippen LogP) is 1.33. The Labute approximate surface area is 108 Å². The number of carbonyl (C=O) groups is 1. The molecule has 4 heteroatoms. The number of nitrogens with zero attached hydrogens (tertiary/aromatic N) is 1. The predicted molar refractivity (Wildman–Crippen MR) is 71.6 cm³/mol. The first kappa shape index (κ1) is 12.9. The largest absolute Gasteiger partial charge is 0.468 e. The van der Waals surface area contributed by atoms with Crippen LogP contribution in [-0.2, 0) is 16.0 Å². The van der Waals surface area contributed by atoms with Gasteiger partial charge in [0.1, 0.15) is 6.04 Å². The van der Waals surface area contributed by atoms with Crippen molar-refractivity contribution in [3.8, 4) is 0 Å². The molecule has 1 saturated heterocycles. The van der Waals surface area contributed by atoms with Gasteiger partial charge in [-0.2, -0.15) is 0 Å². The molecule has 0 aliphatic carbocycles. The number of para-hydroxylation sites is 1. The number of carbonyl (C=O) groups excluding carboxylic acids is 1. The van der Waals surface area contributed by atoms with E-state index >= 15 is 0 Å². The van der Waals surface area contributed by atoms with Crippen LogP contribution in [0, 0.1) is 0 Å². The molecule has 18 heavy (non-hydrogen) atoms. The lowest BCUT2D eigenvalue weighted by Crippen LogP contribution is -2.34. The fourth-order valence-corrected chi connectivity index (χ4v) is 2.42. The molecular weight excluding hydrogens is 228 g/mol. The first-order valence-electron chi connectivity index (χ1n) is 6.38. The van der Waals surface area contributed by atoms with Crippen molar-refractivity contribution in [2.75, 3.05) is 25.1 Å². The summed E-state index contributed by atoms with van der Waals surface area (Å²) in [4.78, 5) is 13.7. The Morgan fingerprint density at radius 2 is 2.06 bits per heavy atom. The van der Waals surface area contributed by atoms with Crippen molar-refractivity contribution in [2.24, 2.45) is 5.73 Å². The summed E-state index contributed by atoms with van der Waals surface area (Å²) < 4.78 is 4.67. The van der Waals surface area contributed by atoms with E-state index in [4.69, 9.17) is 5.73 Å². The van der Waals surface area contributed by atoms with E-state index in [9.17, 15) is 4.79 Å². The van der Waals surface area contributed by atoms with Crippen molar-refractivity contribution in [3.63, 3.8) is 0 Å². The molecule has 4 nitrogen and oxygen atoms in total. The summed E-state index contributed by atoms with van der Waals surface area (Å²) in [5.74, 6) is -0.355. The summed E-state index contributed by atoms with van der Waals surface area (Å²) in [6.45, 7) is 2.18. The minimum absolute atomic E-state index is 0.355. The Morgan fingerprint density at radius 3 is 2.72 bits per heavy atom. The molecule has 2 rings (SSSR count). The lowest BCUT2D eigenvalue weighted by Gasteiger charge is -2.22. The molecule has 0 spiro atoms. The lowest BCUT2D eigenvalue weighted by atomic mass is 10.0. The smallest absolute Gasteiger partial charge is 0.322 e. The zero-order valence-corrected chi connectivity index (χ0v) is 10.8. The van der Waals surface area contributed by atoms with Gasteiger partial charge >= 0.3 is 5.97 Å². The van der Waals surface area contributed by atoms with Crippen LogP contribution >= 0.6 is 0 Å². The van der Waals surface area contributed by atoms with Gasteiger partial charge in [0.05, 0.1) is 7.11 Å². The van der Waals surface area contributed by atoms with E-state index in [1.807, 2.05) is 18.2 Å². The van der Waals surface area contributed by atoms with Gasteiger partial charge in [-0.1, -0.05) is 18.2 Å². The second-order valence-corrected chi connectivity index (χ2v) is 4.66. The monoisotopic (exact) mass is 248 g/mol. The maximum atomic E-state index is 11.4. The van der Waals surface area contributed by atoms with E-state index in [2.05, 4.69) is 15.7 Å². The second-order valence-electron chi connectivity index (χ2n) is 4.66. The fourth-order valence-electron chi connectivity index (χ4n) is 2.42. The number of esters is 1. The van der Waals surface area contributed by atoms with Gasteiger partial charge in [0.15, 0.2) is 0 Å². The van der Waals surface area contributed by atoms with Gasteiger partial charge in [-0.3, -0.25) is 4.79 Å². The normalized spacial score (nSPS) is 16.7. The topological polar surface area (TPSA) is 55.6 Å². The highest BCUT2D eigenvalue weighted by molar-refractivity contribution is 5.76. The first-order chi connectivity index (χ1) is 8.72. The number of nitrogens with two attached hydrogens (primary N) is 1. The van der Waals surface area contributed by atoms with E-state index in [0.717, 1.165) is 18.7 Å². The highest BCUT2D eigenvalue weighted by Gasteiger charge is 2.19. The van der Waals surface area contributed by atoms with Gasteiger partial charge in [-0.25, -0.2) is 0 Å². The zero-order valence-electron chi connectivity index (χ0n) is 10.8. The van der Waals surface area contributed by atoms with Gasteiger partial charge in [-0.15, -0.1) is 0 Å². The highest BCUT2D eigenvalue weighted by Crippen LogP contribution is 2.25. The van der Waals surface area contributed by atoms with Crippen molar-refractivity contribution >= 4 is 11.7 Å². The molecule has 0 saturated carbocycles. The van der Waals surface area contributed by atoms with E-state index in [1.54, 1.807) is 0 Å².